The van der Waals surface area contributed by atoms with Gasteiger partial charge >= 0.3 is 7.32 Å². The van der Waals surface area contributed by atoms with Gasteiger partial charge in [0.25, 0.3) is 0 Å². The first kappa shape index (κ1) is 14.0. The van der Waals surface area contributed by atoms with Crippen molar-refractivity contribution in [3.8, 4) is 5.75 Å². The average molecular weight is 260 g/mol. The molecule has 0 saturated heterocycles. The van der Waals surface area contributed by atoms with Crippen LogP contribution in [0.3, 0.4) is 0 Å². The molecule has 1 rings (SSSR count). The molecule has 0 amide bonds. The minimum atomic E-state index is -3.37. The van der Waals surface area contributed by atoms with Gasteiger partial charge in [0.2, 0.25) is 0 Å². The fourth-order valence-corrected chi connectivity index (χ4v) is 2.33. The fraction of sp³-hybridized carbons (Fsp3) is 0.333. The summed E-state index contributed by atoms with van der Waals surface area (Å²) in [6.07, 6.45) is 0. The molecular formula is C9H13BO6S. The summed E-state index contributed by atoms with van der Waals surface area (Å²) in [6, 6.07) is 5.36. The third-order valence-electron chi connectivity index (χ3n) is 1.98. The first-order chi connectivity index (χ1) is 7.95. The summed E-state index contributed by atoms with van der Waals surface area (Å²) in [5, 5.41) is 17.1. The molecule has 0 aliphatic heterocycles. The van der Waals surface area contributed by atoms with Gasteiger partial charge in [-0.2, -0.15) is 0 Å². The van der Waals surface area contributed by atoms with E-state index in [0.29, 0.717) is 0 Å². The van der Waals surface area contributed by atoms with Crippen LogP contribution in [0.1, 0.15) is 0 Å². The monoisotopic (exact) mass is 260 g/mol. The predicted molar refractivity (Wildman–Crippen MR) is 61.2 cm³/mol. The topological polar surface area (TPSA) is 93.1 Å². The lowest BCUT2D eigenvalue weighted by atomic mass is 10.2. The van der Waals surface area contributed by atoms with Crippen LogP contribution in [0.15, 0.2) is 29.2 Å². The highest BCUT2D eigenvalue weighted by atomic mass is 32.2. The number of rotatable bonds is 6. The molecule has 94 valence electrons. The summed E-state index contributed by atoms with van der Waals surface area (Å²) >= 11 is 0. The molecule has 0 fully saturated rings. The number of benzene rings is 1. The van der Waals surface area contributed by atoms with Gasteiger partial charge in [-0.05, 0) is 24.3 Å². The second-order valence-electron chi connectivity index (χ2n) is 3.23. The Labute approximate surface area is 99.9 Å². The van der Waals surface area contributed by atoms with Crippen molar-refractivity contribution in [2.24, 2.45) is 0 Å². The van der Waals surface area contributed by atoms with Crippen LogP contribution in [-0.2, 0) is 14.6 Å². The molecule has 0 atom stereocenters. The Hall–Kier alpha value is -1.09. The highest BCUT2D eigenvalue weighted by Gasteiger charge is 2.15. The van der Waals surface area contributed by atoms with Gasteiger partial charge in [0.1, 0.15) is 5.75 Å². The van der Waals surface area contributed by atoms with Crippen LogP contribution >= 0.6 is 0 Å². The zero-order chi connectivity index (χ0) is 12.9. The molecule has 8 heteroatoms. The van der Waals surface area contributed by atoms with Crippen LogP contribution < -0.4 is 4.65 Å². The van der Waals surface area contributed by atoms with Crippen molar-refractivity contribution >= 4 is 17.2 Å². The summed E-state index contributed by atoms with van der Waals surface area (Å²) in [4.78, 5) is 0.134. The molecule has 17 heavy (non-hydrogen) atoms. The first-order valence-corrected chi connectivity index (χ1v) is 6.45. The number of sulfone groups is 1. The van der Waals surface area contributed by atoms with Gasteiger partial charge in [-0.3, -0.25) is 0 Å². The lowest BCUT2D eigenvalue weighted by Crippen LogP contribution is -2.20. The largest absolute Gasteiger partial charge is 0.707 e. The molecule has 6 nitrogen and oxygen atoms in total. The Bertz CT molecular complexity index is 441. The first-order valence-electron chi connectivity index (χ1n) is 4.80. The van der Waals surface area contributed by atoms with Crippen molar-refractivity contribution in [2.45, 2.75) is 4.90 Å². The average Bonchev–Trinajstić information content (AvgIpc) is 2.26. The SMILES string of the molecule is COCCS(=O)(=O)c1ccc(OB(O)O)cc1. The molecular weight excluding hydrogens is 247 g/mol. The van der Waals surface area contributed by atoms with Gasteiger partial charge in [-0.25, -0.2) is 8.42 Å². The van der Waals surface area contributed by atoms with E-state index in [-0.39, 0.29) is 23.0 Å². The number of hydrogen-bond acceptors (Lipinski definition) is 6. The van der Waals surface area contributed by atoms with Crippen LogP contribution in [0.4, 0.5) is 0 Å². The van der Waals surface area contributed by atoms with E-state index in [1.807, 2.05) is 0 Å². The Morgan fingerprint density at radius 2 is 1.82 bits per heavy atom. The minimum Gasteiger partial charge on any atom is -0.512 e. The van der Waals surface area contributed by atoms with Crippen molar-refractivity contribution < 1.29 is 27.9 Å². The molecule has 0 aliphatic rings. The Morgan fingerprint density at radius 1 is 1.24 bits per heavy atom. The fourth-order valence-electron chi connectivity index (χ4n) is 1.16. The van der Waals surface area contributed by atoms with Crippen molar-refractivity contribution in [3.05, 3.63) is 24.3 Å². The third kappa shape index (κ3) is 4.35. The Balaban J connectivity index is 2.80. The van der Waals surface area contributed by atoms with Crippen LogP contribution in [0.5, 0.6) is 5.75 Å². The maximum Gasteiger partial charge on any atom is 0.707 e. The smallest absolute Gasteiger partial charge is 0.512 e. The molecule has 0 bridgehead atoms. The number of methoxy groups -OCH3 is 1. The normalized spacial score (nSPS) is 11.2. The highest BCUT2D eigenvalue weighted by Crippen LogP contribution is 2.17. The molecule has 0 saturated carbocycles. The molecule has 1 aromatic carbocycles. The summed E-state index contributed by atoms with van der Waals surface area (Å²) in [7, 11) is -3.87. The molecule has 0 spiro atoms. The second kappa shape index (κ2) is 6.01. The van der Waals surface area contributed by atoms with E-state index in [1.54, 1.807) is 0 Å². The van der Waals surface area contributed by atoms with Gasteiger partial charge < -0.3 is 19.4 Å². The summed E-state index contributed by atoms with van der Waals surface area (Å²) in [5.41, 5.74) is 0. The summed E-state index contributed by atoms with van der Waals surface area (Å²) < 4.78 is 32.7. The van der Waals surface area contributed by atoms with Gasteiger partial charge in [0.15, 0.2) is 9.84 Å². The Kier molecular flexibility index (Phi) is 4.94. The highest BCUT2D eigenvalue weighted by molar-refractivity contribution is 7.91. The number of ether oxygens (including phenoxy) is 1. The molecule has 0 heterocycles. The standard InChI is InChI=1S/C9H13BO6S/c1-15-6-7-17(13,14)9-4-2-8(3-5-9)16-10(11)12/h2-5,11-12H,6-7H2,1H3. The molecule has 1 aromatic rings. The van der Waals surface area contributed by atoms with E-state index in [0.717, 1.165) is 0 Å². The van der Waals surface area contributed by atoms with E-state index >= 15 is 0 Å². The molecule has 0 radical (unpaired) electrons. The molecule has 0 aromatic heterocycles. The van der Waals surface area contributed by atoms with E-state index < -0.39 is 17.2 Å². The zero-order valence-corrected chi connectivity index (χ0v) is 10.1. The van der Waals surface area contributed by atoms with E-state index in [9.17, 15) is 8.42 Å². The van der Waals surface area contributed by atoms with Gasteiger partial charge in [0, 0.05) is 7.11 Å². The number of hydrogen-bond donors (Lipinski definition) is 2. The molecule has 0 aliphatic carbocycles. The summed E-state index contributed by atoms with van der Waals surface area (Å²) in [6.45, 7) is 0.121. The lowest BCUT2D eigenvalue weighted by molar-refractivity contribution is 0.217. The van der Waals surface area contributed by atoms with Gasteiger partial charge in [0.05, 0.1) is 17.3 Å². The summed E-state index contributed by atoms with van der Waals surface area (Å²) in [5.74, 6) is 0.0671. The van der Waals surface area contributed by atoms with Crippen molar-refractivity contribution in [3.63, 3.8) is 0 Å². The molecule has 0 unspecified atom stereocenters. The van der Waals surface area contributed by atoms with Crippen molar-refractivity contribution in [1.29, 1.82) is 0 Å². The maximum absolute atomic E-state index is 11.7. The van der Waals surface area contributed by atoms with Crippen LogP contribution in [-0.4, -0.2) is 45.3 Å². The van der Waals surface area contributed by atoms with E-state index in [1.165, 1.54) is 31.4 Å². The minimum absolute atomic E-state index is 0.105. The molecule has 2 N–H and O–H groups in total. The quantitative estimate of drug-likeness (QED) is 0.667. The van der Waals surface area contributed by atoms with Gasteiger partial charge in [-0.1, -0.05) is 0 Å². The Morgan fingerprint density at radius 3 is 2.29 bits per heavy atom. The van der Waals surface area contributed by atoms with E-state index in [2.05, 4.69) is 4.65 Å². The van der Waals surface area contributed by atoms with Crippen molar-refractivity contribution in [1.82, 2.24) is 0 Å². The van der Waals surface area contributed by atoms with Crippen LogP contribution in [0.2, 0.25) is 0 Å². The van der Waals surface area contributed by atoms with E-state index in [4.69, 9.17) is 14.8 Å². The predicted octanol–water partition coefficient (Wildman–Crippen LogP) is -0.545. The van der Waals surface area contributed by atoms with Crippen molar-refractivity contribution in [2.75, 3.05) is 19.5 Å². The maximum atomic E-state index is 11.7. The third-order valence-corrected chi connectivity index (χ3v) is 3.68. The lowest BCUT2D eigenvalue weighted by Gasteiger charge is -2.06. The van der Waals surface area contributed by atoms with Gasteiger partial charge in [-0.15, -0.1) is 0 Å². The zero-order valence-electron chi connectivity index (χ0n) is 9.24. The second-order valence-corrected chi connectivity index (χ2v) is 5.34. The van der Waals surface area contributed by atoms with Crippen LogP contribution in [0, 0.1) is 0 Å². The van der Waals surface area contributed by atoms with Crippen LogP contribution in [0.25, 0.3) is 0 Å².